The van der Waals surface area contributed by atoms with Gasteiger partial charge >= 0.3 is 18.1 Å². The van der Waals surface area contributed by atoms with Crippen molar-refractivity contribution in [3.05, 3.63) is 58.6 Å². The molecule has 1 fully saturated rings. The number of carboxylic acid groups (broad SMARTS) is 2. The van der Waals surface area contributed by atoms with Crippen molar-refractivity contribution in [1.29, 1.82) is 0 Å². The average Bonchev–Trinajstić information content (AvgIpc) is 2.73. The van der Waals surface area contributed by atoms with E-state index in [4.69, 9.17) is 21.5 Å². The molecule has 2 aromatic carbocycles. The van der Waals surface area contributed by atoms with Crippen molar-refractivity contribution in [3.8, 4) is 0 Å². The smallest absolute Gasteiger partial charge is 0.478 e. The second-order valence-corrected chi connectivity index (χ2v) is 7.93. The molecule has 0 spiro atoms. The summed E-state index contributed by atoms with van der Waals surface area (Å²) in [5, 5.41) is 19.8. The van der Waals surface area contributed by atoms with Crippen molar-refractivity contribution < 1.29 is 37.8 Å². The standard InChI is InChI=1S/C20H21ClN2O3.C2HF3O2/c1-13-4-3-9-23(12-13)16-7-8-18(17(11-16)20(25)26)22-19(24)14-5-2-6-15(21)10-14;3-2(4,5)1(6)7/h2,5-8,10-11,13H,3-4,9,12H2,1H3,(H,22,24)(H,25,26);(H,6,7). The third-order valence-electron chi connectivity index (χ3n) is 4.83. The molecule has 1 unspecified atom stereocenters. The molecular formula is C22H22ClF3N2O5. The zero-order chi connectivity index (χ0) is 24.8. The van der Waals surface area contributed by atoms with Gasteiger partial charge in [-0.25, -0.2) is 9.59 Å². The molecule has 1 aliphatic heterocycles. The molecule has 7 nitrogen and oxygen atoms in total. The average molecular weight is 487 g/mol. The highest BCUT2D eigenvalue weighted by atomic mass is 35.5. The number of amides is 1. The fourth-order valence-corrected chi connectivity index (χ4v) is 3.45. The van der Waals surface area contributed by atoms with Crippen LogP contribution < -0.4 is 10.2 Å². The molecule has 0 aromatic heterocycles. The molecule has 0 bridgehead atoms. The van der Waals surface area contributed by atoms with Gasteiger partial charge in [-0.3, -0.25) is 4.79 Å². The van der Waals surface area contributed by atoms with E-state index in [1.54, 1.807) is 36.4 Å². The Balaban J connectivity index is 0.000000479. The van der Waals surface area contributed by atoms with Crippen molar-refractivity contribution in [2.24, 2.45) is 5.92 Å². The van der Waals surface area contributed by atoms with Crippen LogP contribution >= 0.6 is 11.6 Å². The van der Waals surface area contributed by atoms with Crippen LogP contribution in [0, 0.1) is 5.92 Å². The Hall–Kier alpha value is -3.27. The van der Waals surface area contributed by atoms with Crippen LogP contribution in [-0.4, -0.2) is 47.3 Å². The molecule has 1 aliphatic rings. The van der Waals surface area contributed by atoms with Crippen molar-refractivity contribution >= 4 is 40.8 Å². The minimum atomic E-state index is -5.08. The summed E-state index contributed by atoms with van der Waals surface area (Å²) in [7, 11) is 0. The lowest BCUT2D eigenvalue weighted by Gasteiger charge is -2.33. The molecule has 0 saturated carbocycles. The number of alkyl halides is 3. The Labute approximate surface area is 192 Å². The summed E-state index contributed by atoms with van der Waals surface area (Å²) in [6.45, 7) is 4.02. The van der Waals surface area contributed by atoms with E-state index in [9.17, 15) is 27.9 Å². The number of hydrogen-bond donors (Lipinski definition) is 3. The predicted octanol–water partition coefficient (Wildman–Crippen LogP) is 5.16. The van der Waals surface area contributed by atoms with Gasteiger partial charge in [0.05, 0.1) is 11.3 Å². The van der Waals surface area contributed by atoms with E-state index in [1.807, 2.05) is 6.07 Å². The Bertz CT molecular complexity index is 1030. The molecule has 1 heterocycles. The molecule has 0 aliphatic carbocycles. The first-order valence-electron chi connectivity index (χ1n) is 9.87. The lowest BCUT2D eigenvalue weighted by atomic mass is 9.99. The molecular weight excluding hydrogens is 465 g/mol. The number of halogens is 4. The van der Waals surface area contributed by atoms with Crippen molar-refractivity contribution in [3.63, 3.8) is 0 Å². The van der Waals surface area contributed by atoms with Gasteiger partial charge < -0.3 is 20.4 Å². The third-order valence-corrected chi connectivity index (χ3v) is 5.07. The highest BCUT2D eigenvalue weighted by Crippen LogP contribution is 2.28. The molecule has 0 radical (unpaired) electrons. The minimum absolute atomic E-state index is 0.0797. The van der Waals surface area contributed by atoms with Crippen LogP contribution in [0.1, 0.15) is 40.5 Å². The van der Waals surface area contributed by atoms with Gasteiger partial charge in [0.1, 0.15) is 0 Å². The summed E-state index contributed by atoms with van der Waals surface area (Å²) in [5.74, 6) is -3.64. The van der Waals surface area contributed by atoms with Gasteiger partial charge in [-0.2, -0.15) is 13.2 Å². The zero-order valence-electron chi connectivity index (χ0n) is 17.5. The van der Waals surface area contributed by atoms with Crippen LogP contribution in [0.15, 0.2) is 42.5 Å². The Morgan fingerprint density at radius 2 is 1.79 bits per heavy atom. The van der Waals surface area contributed by atoms with Crippen molar-refractivity contribution in [2.75, 3.05) is 23.3 Å². The highest BCUT2D eigenvalue weighted by Gasteiger charge is 2.38. The van der Waals surface area contributed by atoms with E-state index in [1.165, 1.54) is 6.42 Å². The molecule has 3 rings (SSSR count). The first-order chi connectivity index (χ1) is 15.4. The van der Waals surface area contributed by atoms with Crippen molar-refractivity contribution in [1.82, 2.24) is 0 Å². The second kappa shape index (κ2) is 11.0. The number of piperidine rings is 1. The van der Waals surface area contributed by atoms with Gasteiger partial charge in [-0.1, -0.05) is 24.6 Å². The predicted molar refractivity (Wildman–Crippen MR) is 117 cm³/mol. The van der Waals surface area contributed by atoms with Gasteiger partial charge in [-0.05, 0) is 55.2 Å². The number of nitrogens with zero attached hydrogens (tertiary/aromatic N) is 1. The Morgan fingerprint density at radius 3 is 2.33 bits per heavy atom. The maximum Gasteiger partial charge on any atom is 0.490 e. The number of carbonyl (C=O) groups excluding carboxylic acids is 1. The Morgan fingerprint density at radius 1 is 1.12 bits per heavy atom. The summed E-state index contributed by atoms with van der Waals surface area (Å²) >= 11 is 5.91. The molecule has 1 amide bonds. The maximum atomic E-state index is 12.4. The van der Waals surface area contributed by atoms with Gasteiger partial charge in [0.15, 0.2) is 0 Å². The van der Waals surface area contributed by atoms with Gasteiger partial charge in [0.2, 0.25) is 0 Å². The zero-order valence-corrected chi connectivity index (χ0v) is 18.3. The summed E-state index contributed by atoms with van der Waals surface area (Å²) in [4.78, 5) is 35.2. The maximum absolute atomic E-state index is 12.4. The quantitative estimate of drug-likeness (QED) is 0.551. The van der Waals surface area contributed by atoms with Crippen molar-refractivity contribution in [2.45, 2.75) is 25.9 Å². The SMILES string of the molecule is CC1CCCN(c2ccc(NC(=O)c3cccc(Cl)c3)c(C(=O)O)c2)C1.O=C(O)C(F)(F)F. The first-order valence-corrected chi connectivity index (χ1v) is 10.3. The molecule has 1 saturated heterocycles. The third kappa shape index (κ3) is 7.67. The van der Waals surface area contributed by atoms with Crippen LogP contribution in [0.3, 0.4) is 0 Å². The van der Waals surface area contributed by atoms with E-state index in [2.05, 4.69) is 17.1 Å². The lowest BCUT2D eigenvalue weighted by Crippen LogP contribution is -2.34. The van der Waals surface area contributed by atoms with Gasteiger partial charge in [0.25, 0.3) is 5.91 Å². The van der Waals surface area contributed by atoms with E-state index in [0.29, 0.717) is 16.5 Å². The molecule has 11 heteroatoms. The van der Waals surface area contributed by atoms with Crippen LogP contribution in [0.2, 0.25) is 5.02 Å². The second-order valence-electron chi connectivity index (χ2n) is 7.50. The molecule has 2 aromatic rings. The summed E-state index contributed by atoms with van der Waals surface area (Å²) in [6.07, 6.45) is -2.80. The minimum Gasteiger partial charge on any atom is -0.478 e. The first kappa shape index (κ1) is 26.0. The molecule has 33 heavy (non-hydrogen) atoms. The summed E-state index contributed by atoms with van der Waals surface area (Å²) in [5.41, 5.74) is 1.60. The summed E-state index contributed by atoms with van der Waals surface area (Å²) < 4.78 is 31.7. The number of aromatic carboxylic acids is 1. The Kier molecular flexibility index (Phi) is 8.69. The highest BCUT2D eigenvalue weighted by molar-refractivity contribution is 6.31. The monoisotopic (exact) mass is 486 g/mol. The van der Waals surface area contributed by atoms with Crippen LogP contribution in [0.25, 0.3) is 0 Å². The molecule has 1 atom stereocenters. The number of carboxylic acids is 2. The normalized spacial score (nSPS) is 15.8. The number of benzene rings is 2. The topological polar surface area (TPSA) is 107 Å². The number of aliphatic carboxylic acids is 1. The van der Waals surface area contributed by atoms with E-state index < -0.39 is 24.0 Å². The molecule has 178 valence electrons. The van der Waals surface area contributed by atoms with Crippen LogP contribution in [0.4, 0.5) is 24.5 Å². The van der Waals surface area contributed by atoms with E-state index in [0.717, 1.165) is 25.2 Å². The number of rotatable bonds is 4. The number of anilines is 2. The number of hydrogen-bond acceptors (Lipinski definition) is 4. The van der Waals surface area contributed by atoms with Crippen LogP contribution in [0.5, 0.6) is 0 Å². The number of nitrogens with one attached hydrogen (secondary N) is 1. The fourth-order valence-electron chi connectivity index (χ4n) is 3.26. The van der Waals surface area contributed by atoms with Gasteiger partial charge in [-0.15, -0.1) is 0 Å². The van der Waals surface area contributed by atoms with Crippen LogP contribution in [-0.2, 0) is 4.79 Å². The largest absolute Gasteiger partial charge is 0.490 e. The molecule has 3 N–H and O–H groups in total. The summed E-state index contributed by atoms with van der Waals surface area (Å²) in [6, 6.07) is 11.7. The fraction of sp³-hybridized carbons (Fsp3) is 0.318. The van der Waals surface area contributed by atoms with Gasteiger partial charge in [0, 0.05) is 29.4 Å². The van der Waals surface area contributed by atoms with E-state index >= 15 is 0 Å². The number of carbonyl (C=O) groups is 3. The van der Waals surface area contributed by atoms with E-state index in [-0.39, 0.29) is 11.3 Å². The lowest BCUT2D eigenvalue weighted by molar-refractivity contribution is -0.192.